The van der Waals surface area contributed by atoms with E-state index < -0.39 is 0 Å². The van der Waals surface area contributed by atoms with E-state index >= 15 is 0 Å². The fraction of sp³-hybridized carbons (Fsp3) is 0.571. The molecule has 0 amide bonds. The van der Waals surface area contributed by atoms with Crippen molar-refractivity contribution in [2.75, 3.05) is 0 Å². The summed E-state index contributed by atoms with van der Waals surface area (Å²) in [6, 6.07) is 7.06. The molecule has 1 aromatic carbocycles. The number of hydrogen-bond donors (Lipinski definition) is 1. The van der Waals surface area contributed by atoms with Crippen molar-refractivity contribution >= 4 is 11.6 Å². The lowest BCUT2D eigenvalue weighted by molar-refractivity contribution is 0.677. The van der Waals surface area contributed by atoms with Crippen LogP contribution in [0.1, 0.15) is 43.7 Å². The van der Waals surface area contributed by atoms with Crippen molar-refractivity contribution in [3.8, 4) is 0 Å². The summed E-state index contributed by atoms with van der Waals surface area (Å²) in [7, 11) is 0. The van der Waals surface area contributed by atoms with Crippen LogP contribution in [0, 0.1) is 0 Å². The van der Waals surface area contributed by atoms with Gasteiger partial charge in [0.2, 0.25) is 0 Å². The summed E-state index contributed by atoms with van der Waals surface area (Å²) in [5.41, 5.74) is 2.84. The summed E-state index contributed by atoms with van der Waals surface area (Å²) >= 11 is 6.05. The van der Waals surface area contributed by atoms with Gasteiger partial charge in [0.15, 0.2) is 0 Å². The molecule has 0 saturated heterocycles. The van der Waals surface area contributed by atoms with E-state index in [0.29, 0.717) is 0 Å². The van der Waals surface area contributed by atoms with Gasteiger partial charge in [-0.1, -0.05) is 31.0 Å². The summed E-state index contributed by atoms with van der Waals surface area (Å²) in [6.07, 6.45) is 6.36. The van der Waals surface area contributed by atoms with Gasteiger partial charge >= 0.3 is 0 Å². The van der Waals surface area contributed by atoms with E-state index in [-0.39, 0.29) is 0 Å². The molecule has 2 heteroatoms. The molecule has 0 bridgehead atoms. The predicted octanol–water partition coefficient (Wildman–Crippen LogP) is 3.93. The van der Waals surface area contributed by atoms with Crippen LogP contribution in [0.3, 0.4) is 0 Å². The molecule has 88 valence electrons. The SMILES string of the molecule is CCCCc1ccc(Cl)cc1CNC1CC1. The molecule has 1 fully saturated rings. The molecule has 1 aliphatic rings. The number of unbranched alkanes of at least 4 members (excludes halogenated alkanes) is 1. The highest BCUT2D eigenvalue weighted by atomic mass is 35.5. The lowest BCUT2D eigenvalue weighted by Gasteiger charge is -2.10. The van der Waals surface area contributed by atoms with Crippen molar-refractivity contribution < 1.29 is 0 Å². The molecular formula is C14H20ClN. The standard InChI is InChI=1S/C14H20ClN/c1-2-3-4-11-5-6-13(15)9-12(11)10-16-14-7-8-14/h5-6,9,14,16H,2-4,7-8,10H2,1H3. The average molecular weight is 238 g/mol. The maximum Gasteiger partial charge on any atom is 0.0409 e. The van der Waals surface area contributed by atoms with Crippen molar-refractivity contribution in [1.29, 1.82) is 0 Å². The first-order chi connectivity index (χ1) is 7.79. The van der Waals surface area contributed by atoms with Crippen molar-refractivity contribution in [2.24, 2.45) is 0 Å². The highest BCUT2D eigenvalue weighted by Crippen LogP contribution is 2.22. The normalized spacial score (nSPS) is 15.4. The largest absolute Gasteiger partial charge is 0.310 e. The molecule has 0 heterocycles. The van der Waals surface area contributed by atoms with E-state index in [2.05, 4.69) is 24.4 Å². The molecule has 0 radical (unpaired) electrons. The van der Waals surface area contributed by atoms with Gasteiger partial charge in [0.05, 0.1) is 0 Å². The zero-order valence-electron chi connectivity index (χ0n) is 9.93. The topological polar surface area (TPSA) is 12.0 Å². The van der Waals surface area contributed by atoms with Crippen molar-refractivity contribution in [3.63, 3.8) is 0 Å². The zero-order chi connectivity index (χ0) is 11.4. The van der Waals surface area contributed by atoms with E-state index in [1.165, 1.54) is 43.2 Å². The smallest absolute Gasteiger partial charge is 0.0409 e. The summed E-state index contributed by atoms with van der Waals surface area (Å²) in [5.74, 6) is 0. The predicted molar refractivity (Wildman–Crippen MR) is 69.9 cm³/mol. The first-order valence-electron chi connectivity index (χ1n) is 6.30. The third-order valence-corrected chi connectivity index (χ3v) is 3.36. The number of halogens is 1. The Morgan fingerprint density at radius 3 is 2.81 bits per heavy atom. The lowest BCUT2D eigenvalue weighted by atomic mass is 10.0. The Morgan fingerprint density at radius 1 is 1.31 bits per heavy atom. The second-order valence-electron chi connectivity index (χ2n) is 4.67. The van der Waals surface area contributed by atoms with Crippen LogP contribution < -0.4 is 5.32 Å². The van der Waals surface area contributed by atoms with E-state index in [1.807, 2.05) is 6.07 Å². The van der Waals surface area contributed by atoms with Crippen LogP contribution in [-0.2, 0) is 13.0 Å². The van der Waals surface area contributed by atoms with Crippen molar-refractivity contribution in [2.45, 2.75) is 51.6 Å². The number of aryl methyl sites for hydroxylation is 1. The fourth-order valence-electron chi connectivity index (χ4n) is 1.91. The number of benzene rings is 1. The van der Waals surface area contributed by atoms with Gasteiger partial charge < -0.3 is 5.32 Å². The Kier molecular flexibility index (Phi) is 4.25. The van der Waals surface area contributed by atoms with E-state index in [4.69, 9.17) is 11.6 Å². The van der Waals surface area contributed by atoms with Gasteiger partial charge in [-0.3, -0.25) is 0 Å². The molecular weight excluding hydrogens is 218 g/mol. The monoisotopic (exact) mass is 237 g/mol. The van der Waals surface area contributed by atoms with Crippen LogP contribution in [-0.4, -0.2) is 6.04 Å². The van der Waals surface area contributed by atoms with Crippen LogP contribution in [0.5, 0.6) is 0 Å². The Morgan fingerprint density at radius 2 is 2.12 bits per heavy atom. The van der Waals surface area contributed by atoms with Gasteiger partial charge in [-0.15, -0.1) is 0 Å². The van der Waals surface area contributed by atoms with Crippen LogP contribution in [0.2, 0.25) is 5.02 Å². The molecule has 0 aromatic heterocycles. The third-order valence-electron chi connectivity index (χ3n) is 3.13. The minimum absolute atomic E-state index is 0.762. The van der Waals surface area contributed by atoms with E-state index in [9.17, 15) is 0 Å². The Hall–Kier alpha value is -0.530. The molecule has 1 saturated carbocycles. The number of hydrogen-bond acceptors (Lipinski definition) is 1. The van der Waals surface area contributed by atoms with Crippen molar-refractivity contribution in [1.82, 2.24) is 5.32 Å². The second-order valence-corrected chi connectivity index (χ2v) is 5.11. The Labute approximate surface area is 103 Å². The van der Waals surface area contributed by atoms with Crippen LogP contribution in [0.15, 0.2) is 18.2 Å². The zero-order valence-corrected chi connectivity index (χ0v) is 10.7. The van der Waals surface area contributed by atoms with Crippen LogP contribution in [0.25, 0.3) is 0 Å². The number of rotatable bonds is 6. The quantitative estimate of drug-likeness (QED) is 0.791. The van der Waals surface area contributed by atoms with Gasteiger partial charge in [-0.05, 0) is 48.9 Å². The summed E-state index contributed by atoms with van der Waals surface area (Å²) in [5, 5.41) is 4.41. The Bertz CT molecular complexity index is 345. The van der Waals surface area contributed by atoms with Crippen LogP contribution >= 0.6 is 11.6 Å². The minimum atomic E-state index is 0.762. The Balaban J connectivity index is 2.01. The molecule has 2 rings (SSSR count). The van der Waals surface area contributed by atoms with Gasteiger partial charge in [-0.2, -0.15) is 0 Å². The molecule has 0 spiro atoms. The maximum absolute atomic E-state index is 6.05. The third kappa shape index (κ3) is 3.50. The van der Waals surface area contributed by atoms with E-state index in [1.54, 1.807) is 0 Å². The molecule has 16 heavy (non-hydrogen) atoms. The first kappa shape index (κ1) is 11.9. The summed E-state index contributed by atoms with van der Waals surface area (Å²) in [4.78, 5) is 0. The fourth-order valence-corrected chi connectivity index (χ4v) is 2.11. The minimum Gasteiger partial charge on any atom is -0.310 e. The number of nitrogens with one attached hydrogen (secondary N) is 1. The molecule has 1 N–H and O–H groups in total. The highest BCUT2D eigenvalue weighted by Gasteiger charge is 2.20. The molecule has 0 unspecified atom stereocenters. The molecule has 1 aromatic rings. The molecule has 1 nitrogen and oxygen atoms in total. The average Bonchev–Trinajstić information content (AvgIpc) is 3.09. The van der Waals surface area contributed by atoms with Gasteiger partial charge in [0.25, 0.3) is 0 Å². The molecule has 0 aliphatic heterocycles. The summed E-state index contributed by atoms with van der Waals surface area (Å²) < 4.78 is 0. The first-order valence-corrected chi connectivity index (χ1v) is 6.68. The van der Waals surface area contributed by atoms with Crippen molar-refractivity contribution in [3.05, 3.63) is 34.3 Å². The lowest BCUT2D eigenvalue weighted by Crippen LogP contribution is -2.16. The molecule has 1 aliphatic carbocycles. The van der Waals surface area contributed by atoms with Gasteiger partial charge in [-0.25, -0.2) is 0 Å². The van der Waals surface area contributed by atoms with Gasteiger partial charge in [0, 0.05) is 17.6 Å². The molecule has 0 atom stereocenters. The van der Waals surface area contributed by atoms with Gasteiger partial charge in [0.1, 0.15) is 0 Å². The maximum atomic E-state index is 6.05. The summed E-state index contributed by atoms with van der Waals surface area (Å²) in [6.45, 7) is 3.21. The highest BCUT2D eigenvalue weighted by molar-refractivity contribution is 6.30. The van der Waals surface area contributed by atoms with Crippen LogP contribution in [0.4, 0.5) is 0 Å². The van der Waals surface area contributed by atoms with E-state index in [0.717, 1.165) is 17.6 Å². The second kappa shape index (κ2) is 5.70.